The molecule has 0 unspecified atom stereocenters. The predicted molar refractivity (Wildman–Crippen MR) is 97.0 cm³/mol. The number of carbonyl (C=O) groups excluding carboxylic acids is 1. The fourth-order valence-electron chi connectivity index (χ4n) is 2.92. The van der Waals surface area contributed by atoms with Gasteiger partial charge in [0, 0.05) is 12.2 Å². The van der Waals surface area contributed by atoms with Crippen molar-refractivity contribution in [1.29, 1.82) is 0 Å². The molecule has 0 atom stereocenters. The van der Waals surface area contributed by atoms with Crippen LogP contribution in [0, 0.1) is 5.82 Å². The van der Waals surface area contributed by atoms with Gasteiger partial charge in [0.25, 0.3) is 0 Å². The standard InChI is InChI=1S/C18H22FN5O2/c1-2-26-14-5-3-4-13(19)15(14)16(25)12-10-22-18(24-17(12)20)23-11-6-8-21-9-7-11/h3-5,10-11,21H,2,6-9H2,1H3,(H3,20,22,23,24). The van der Waals surface area contributed by atoms with Gasteiger partial charge in [-0.15, -0.1) is 0 Å². The molecule has 0 amide bonds. The van der Waals surface area contributed by atoms with Crippen LogP contribution in [0.5, 0.6) is 5.75 Å². The van der Waals surface area contributed by atoms with E-state index in [1.165, 1.54) is 18.3 Å². The van der Waals surface area contributed by atoms with Crippen molar-refractivity contribution in [2.45, 2.75) is 25.8 Å². The minimum Gasteiger partial charge on any atom is -0.493 e. The van der Waals surface area contributed by atoms with Crippen molar-refractivity contribution in [3.8, 4) is 5.75 Å². The molecule has 1 aromatic heterocycles. The lowest BCUT2D eigenvalue weighted by molar-refractivity contribution is 0.103. The number of hydrogen-bond acceptors (Lipinski definition) is 7. The number of hydrogen-bond donors (Lipinski definition) is 3. The zero-order valence-electron chi connectivity index (χ0n) is 14.6. The fourth-order valence-corrected chi connectivity index (χ4v) is 2.92. The SMILES string of the molecule is CCOc1cccc(F)c1C(=O)c1cnc(NC2CCNCC2)nc1N. The summed E-state index contributed by atoms with van der Waals surface area (Å²) in [6, 6.07) is 4.50. The van der Waals surface area contributed by atoms with Gasteiger partial charge < -0.3 is 21.1 Å². The van der Waals surface area contributed by atoms with Crippen LogP contribution < -0.4 is 21.1 Å². The summed E-state index contributed by atoms with van der Waals surface area (Å²) < 4.78 is 19.6. The van der Waals surface area contributed by atoms with Crippen molar-refractivity contribution in [3.05, 3.63) is 41.3 Å². The smallest absolute Gasteiger partial charge is 0.224 e. The molecule has 2 heterocycles. The first-order chi connectivity index (χ1) is 12.6. The number of carbonyl (C=O) groups is 1. The quantitative estimate of drug-likeness (QED) is 0.678. The molecular formula is C18H22FN5O2. The highest BCUT2D eigenvalue weighted by atomic mass is 19.1. The number of anilines is 2. The Morgan fingerprint density at radius 2 is 2.19 bits per heavy atom. The molecule has 0 spiro atoms. The highest BCUT2D eigenvalue weighted by Crippen LogP contribution is 2.26. The molecule has 1 aromatic carbocycles. The molecule has 0 bridgehead atoms. The van der Waals surface area contributed by atoms with E-state index in [1.54, 1.807) is 13.0 Å². The van der Waals surface area contributed by atoms with Gasteiger partial charge in [-0.05, 0) is 45.0 Å². The monoisotopic (exact) mass is 359 g/mol. The summed E-state index contributed by atoms with van der Waals surface area (Å²) in [5, 5.41) is 6.50. The van der Waals surface area contributed by atoms with Crippen LogP contribution in [-0.4, -0.2) is 41.5 Å². The van der Waals surface area contributed by atoms with E-state index in [0.29, 0.717) is 12.6 Å². The van der Waals surface area contributed by atoms with Crippen molar-refractivity contribution in [1.82, 2.24) is 15.3 Å². The topological polar surface area (TPSA) is 102 Å². The minimum atomic E-state index is -0.669. The molecule has 26 heavy (non-hydrogen) atoms. The summed E-state index contributed by atoms with van der Waals surface area (Å²) in [6.07, 6.45) is 3.24. The summed E-state index contributed by atoms with van der Waals surface area (Å²) in [6.45, 7) is 3.93. The molecule has 4 N–H and O–H groups in total. The molecule has 3 rings (SSSR count). The lowest BCUT2D eigenvalue weighted by Crippen LogP contribution is -2.35. The molecular weight excluding hydrogens is 337 g/mol. The highest BCUT2D eigenvalue weighted by molar-refractivity contribution is 6.13. The second-order valence-electron chi connectivity index (χ2n) is 6.04. The van der Waals surface area contributed by atoms with Gasteiger partial charge in [-0.1, -0.05) is 6.07 Å². The molecule has 8 heteroatoms. The Kier molecular flexibility index (Phi) is 5.62. The Balaban J connectivity index is 1.84. The molecule has 1 aliphatic heterocycles. The second kappa shape index (κ2) is 8.09. The first-order valence-corrected chi connectivity index (χ1v) is 8.66. The van der Waals surface area contributed by atoms with Gasteiger partial charge in [-0.3, -0.25) is 4.79 Å². The van der Waals surface area contributed by atoms with E-state index >= 15 is 0 Å². The van der Waals surface area contributed by atoms with Crippen LogP contribution in [0.4, 0.5) is 16.2 Å². The fraction of sp³-hybridized carbons (Fsp3) is 0.389. The van der Waals surface area contributed by atoms with Crippen molar-refractivity contribution >= 4 is 17.5 Å². The summed E-state index contributed by atoms with van der Waals surface area (Å²) in [4.78, 5) is 21.1. The summed E-state index contributed by atoms with van der Waals surface area (Å²) in [5.41, 5.74) is 5.84. The number of nitrogens with zero attached hydrogens (tertiary/aromatic N) is 2. The van der Waals surface area contributed by atoms with Crippen molar-refractivity contribution in [3.63, 3.8) is 0 Å². The molecule has 1 saturated heterocycles. The number of piperidine rings is 1. The van der Waals surface area contributed by atoms with Gasteiger partial charge in [-0.2, -0.15) is 4.98 Å². The maximum absolute atomic E-state index is 14.2. The van der Waals surface area contributed by atoms with Gasteiger partial charge in [0.1, 0.15) is 22.9 Å². The van der Waals surface area contributed by atoms with Gasteiger partial charge in [0.05, 0.1) is 12.2 Å². The Morgan fingerprint density at radius 1 is 1.42 bits per heavy atom. The average molecular weight is 359 g/mol. The minimum absolute atomic E-state index is 0.00661. The van der Waals surface area contributed by atoms with Crippen LogP contribution >= 0.6 is 0 Å². The van der Waals surface area contributed by atoms with Crippen molar-refractivity contribution in [2.24, 2.45) is 0 Å². The van der Waals surface area contributed by atoms with Crippen molar-refractivity contribution in [2.75, 3.05) is 30.7 Å². The van der Waals surface area contributed by atoms with Crippen LogP contribution in [0.25, 0.3) is 0 Å². The molecule has 1 aliphatic rings. The highest BCUT2D eigenvalue weighted by Gasteiger charge is 2.23. The molecule has 138 valence electrons. The third kappa shape index (κ3) is 3.91. The molecule has 0 aliphatic carbocycles. The molecule has 1 fully saturated rings. The lowest BCUT2D eigenvalue weighted by Gasteiger charge is -2.23. The Hall–Kier alpha value is -2.74. The van der Waals surface area contributed by atoms with E-state index < -0.39 is 11.6 Å². The number of ether oxygens (including phenoxy) is 1. The predicted octanol–water partition coefficient (Wildman–Crippen LogP) is 1.99. The number of rotatable bonds is 6. The van der Waals surface area contributed by atoms with Crippen LogP contribution in [-0.2, 0) is 0 Å². The second-order valence-corrected chi connectivity index (χ2v) is 6.04. The Bertz CT molecular complexity index is 793. The van der Waals surface area contributed by atoms with Crippen LogP contribution in [0.3, 0.4) is 0 Å². The third-order valence-electron chi connectivity index (χ3n) is 4.24. The van der Waals surface area contributed by atoms with Gasteiger partial charge >= 0.3 is 0 Å². The van der Waals surface area contributed by atoms with Crippen molar-refractivity contribution < 1.29 is 13.9 Å². The average Bonchev–Trinajstić information content (AvgIpc) is 2.63. The first kappa shape index (κ1) is 18.1. The zero-order chi connectivity index (χ0) is 18.5. The van der Waals surface area contributed by atoms with E-state index in [4.69, 9.17) is 10.5 Å². The van der Waals surface area contributed by atoms with E-state index in [2.05, 4.69) is 20.6 Å². The number of ketones is 1. The van der Waals surface area contributed by atoms with Gasteiger partial charge in [0.2, 0.25) is 11.7 Å². The first-order valence-electron chi connectivity index (χ1n) is 8.66. The molecule has 0 saturated carbocycles. The molecule has 7 nitrogen and oxygen atoms in total. The number of nitrogens with two attached hydrogens (primary N) is 1. The maximum Gasteiger partial charge on any atom is 0.224 e. The zero-order valence-corrected chi connectivity index (χ0v) is 14.6. The van der Waals surface area contributed by atoms with Crippen LogP contribution in [0.15, 0.2) is 24.4 Å². The Morgan fingerprint density at radius 3 is 2.88 bits per heavy atom. The van der Waals surface area contributed by atoms with Gasteiger partial charge in [-0.25, -0.2) is 9.37 Å². The summed E-state index contributed by atoms with van der Waals surface area (Å²) in [7, 11) is 0. The van der Waals surface area contributed by atoms with Crippen LogP contribution in [0.1, 0.15) is 35.7 Å². The lowest BCUT2D eigenvalue weighted by atomic mass is 10.0. The Labute approximate surface area is 151 Å². The van der Waals surface area contributed by atoms with E-state index in [0.717, 1.165) is 25.9 Å². The molecule has 2 aromatic rings. The summed E-state index contributed by atoms with van der Waals surface area (Å²) >= 11 is 0. The maximum atomic E-state index is 14.2. The third-order valence-corrected chi connectivity index (χ3v) is 4.24. The number of benzene rings is 1. The van der Waals surface area contributed by atoms with E-state index in [1.807, 2.05) is 0 Å². The van der Waals surface area contributed by atoms with E-state index in [-0.39, 0.29) is 28.7 Å². The molecule has 0 radical (unpaired) electrons. The number of halogens is 1. The normalized spacial score (nSPS) is 14.8. The van der Waals surface area contributed by atoms with Crippen LogP contribution in [0.2, 0.25) is 0 Å². The number of nitrogen functional groups attached to an aromatic ring is 1. The summed E-state index contributed by atoms with van der Waals surface area (Å²) in [5.74, 6) is -0.722. The van der Waals surface area contributed by atoms with E-state index in [9.17, 15) is 9.18 Å². The number of nitrogens with one attached hydrogen (secondary N) is 2. The largest absolute Gasteiger partial charge is 0.493 e. The number of aromatic nitrogens is 2. The van der Waals surface area contributed by atoms with Gasteiger partial charge in [0.15, 0.2) is 0 Å².